The van der Waals surface area contributed by atoms with Crippen molar-refractivity contribution in [3.8, 4) is 16.9 Å². The Labute approximate surface area is 127 Å². The Hall–Kier alpha value is -2.57. The van der Waals surface area contributed by atoms with Gasteiger partial charge in [0.15, 0.2) is 0 Å². The molecule has 0 radical (unpaired) electrons. The molecule has 112 valence electrons. The van der Waals surface area contributed by atoms with Crippen molar-refractivity contribution in [1.82, 2.24) is 0 Å². The van der Waals surface area contributed by atoms with Crippen molar-refractivity contribution >= 4 is 26.6 Å². The van der Waals surface area contributed by atoms with Gasteiger partial charge in [0.25, 0.3) is 10.1 Å². The number of anilines is 1. The SMILES string of the molecule is Nc1cc(S(=O)(=O)O)cc2cc(-c3ccccc3O)ccc12. The van der Waals surface area contributed by atoms with E-state index in [0.29, 0.717) is 16.3 Å². The lowest BCUT2D eigenvalue weighted by Crippen LogP contribution is -2.00. The number of benzene rings is 3. The first-order valence-corrected chi connectivity index (χ1v) is 7.89. The topological polar surface area (TPSA) is 101 Å². The van der Waals surface area contributed by atoms with E-state index in [2.05, 4.69) is 0 Å². The van der Waals surface area contributed by atoms with Gasteiger partial charge in [-0.25, -0.2) is 0 Å². The maximum Gasteiger partial charge on any atom is 0.294 e. The zero-order valence-electron chi connectivity index (χ0n) is 11.4. The quantitative estimate of drug-likeness (QED) is 0.498. The van der Waals surface area contributed by atoms with Crippen molar-refractivity contribution in [3.63, 3.8) is 0 Å². The van der Waals surface area contributed by atoms with Gasteiger partial charge in [-0.1, -0.05) is 30.3 Å². The lowest BCUT2D eigenvalue weighted by atomic mass is 10.00. The van der Waals surface area contributed by atoms with Crippen molar-refractivity contribution in [1.29, 1.82) is 0 Å². The van der Waals surface area contributed by atoms with Gasteiger partial charge in [0.1, 0.15) is 5.75 Å². The predicted octanol–water partition coefficient (Wildman–Crippen LogP) is 3.04. The number of hydrogen-bond donors (Lipinski definition) is 3. The summed E-state index contributed by atoms with van der Waals surface area (Å²) in [6.45, 7) is 0. The highest BCUT2D eigenvalue weighted by Crippen LogP contribution is 2.33. The number of fused-ring (bicyclic) bond motifs is 1. The van der Waals surface area contributed by atoms with Crippen LogP contribution in [-0.4, -0.2) is 18.1 Å². The number of phenolic OH excluding ortho intramolecular Hbond substituents is 1. The summed E-state index contributed by atoms with van der Waals surface area (Å²) >= 11 is 0. The highest BCUT2D eigenvalue weighted by molar-refractivity contribution is 7.85. The molecule has 0 aliphatic rings. The van der Waals surface area contributed by atoms with E-state index >= 15 is 0 Å². The molecule has 0 heterocycles. The largest absolute Gasteiger partial charge is 0.507 e. The molecule has 4 N–H and O–H groups in total. The Balaban J connectivity index is 2.27. The first kappa shape index (κ1) is 14.4. The van der Waals surface area contributed by atoms with Crippen LogP contribution in [-0.2, 0) is 10.1 Å². The van der Waals surface area contributed by atoms with Crippen LogP contribution in [0.5, 0.6) is 5.75 Å². The molecular formula is C16H13NO4S. The van der Waals surface area contributed by atoms with E-state index in [1.165, 1.54) is 12.1 Å². The number of hydrogen-bond acceptors (Lipinski definition) is 4. The zero-order chi connectivity index (χ0) is 15.9. The number of para-hydroxylation sites is 1. The van der Waals surface area contributed by atoms with E-state index in [0.717, 1.165) is 5.56 Å². The average Bonchev–Trinajstić information content (AvgIpc) is 2.46. The van der Waals surface area contributed by atoms with Crippen LogP contribution < -0.4 is 5.73 Å². The van der Waals surface area contributed by atoms with Crippen LogP contribution in [0.3, 0.4) is 0 Å². The van der Waals surface area contributed by atoms with Crippen LogP contribution in [0, 0.1) is 0 Å². The number of phenols is 1. The number of aromatic hydroxyl groups is 1. The molecule has 0 aromatic heterocycles. The molecule has 0 saturated heterocycles. The molecule has 0 bridgehead atoms. The van der Waals surface area contributed by atoms with Crippen LogP contribution in [0.25, 0.3) is 21.9 Å². The van der Waals surface area contributed by atoms with Gasteiger partial charge in [-0.3, -0.25) is 4.55 Å². The minimum absolute atomic E-state index is 0.126. The zero-order valence-corrected chi connectivity index (χ0v) is 12.2. The van der Waals surface area contributed by atoms with Crippen LogP contribution in [0.2, 0.25) is 0 Å². The van der Waals surface area contributed by atoms with Gasteiger partial charge < -0.3 is 10.8 Å². The Morgan fingerprint density at radius 2 is 1.68 bits per heavy atom. The van der Waals surface area contributed by atoms with Gasteiger partial charge in [0, 0.05) is 16.6 Å². The van der Waals surface area contributed by atoms with E-state index in [4.69, 9.17) is 5.73 Å². The predicted molar refractivity (Wildman–Crippen MR) is 85.3 cm³/mol. The molecule has 5 nitrogen and oxygen atoms in total. The lowest BCUT2D eigenvalue weighted by molar-refractivity contribution is 0.477. The minimum Gasteiger partial charge on any atom is -0.507 e. The van der Waals surface area contributed by atoms with E-state index in [1.54, 1.807) is 42.5 Å². The fourth-order valence-corrected chi connectivity index (χ4v) is 2.96. The van der Waals surface area contributed by atoms with Crippen molar-refractivity contribution in [3.05, 3.63) is 54.6 Å². The maximum absolute atomic E-state index is 11.3. The lowest BCUT2D eigenvalue weighted by Gasteiger charge is -2.09. The highest BCUT2D eigenvalue weighted by atomic mass is 32.2. The van der Waals surface area contributed by atoms with Crippen LogP contribution >= 0.6 is 0 Å². The maximum atomic E-state index is 11.3. The van der Waals surface area contributed by atoms with E-state index in [1.807, 2.05) is 0 Å². The average molecular weight is 315 g/mol. The molecule has 3 aromatic carbocycles. The van der Waals surface area contributed by atoms with Crippen LogP contribution in [0.15, 0.2) is 59.5 Å². The summed E-state index contributed by atoms with van der Waals surface area (Å²) in [6.07, 6.45) is 0. The van der Waals surface area contributed by atoms with E-state index in [-0.39, 0.29) is 16.3 Å². The summed E-state index contributed by atoms with van der Waals surface area (Å²) in [7, 11) is -4.33. The Kier molecular flexibility index (Phi) is 3.27. The first-order valence-electron chi connectivity index (χ1n) is 6.45. The molecule has 0 aliphatic heterocycles. The molecule has 0 atom stereocenters. The fourth-order valence-electron chi connectivity index (χ4n) is 2.41. The molecule has 6 heteroatoms. The second-order valence-electron chi connectivity index (χ2n) is 4.94. The first-order chi connectivity index (χ1) is 10.4. The van der Waals surface area contributed by atoms with Crippen molar-refractivity contribution in [2.24, 2.45) is 0 Å². The molecule has 0 aliphatic carbocycles. The van der Waals surface area contributed by atoms with Crippen LogP contribution in [0.1, 0.15) is 0 Å². The smallest absolute Gasteiger partial charge is 0.294 e. The molecule has 22 heavy (non-hydrogen) atoms. The summed E-state index contributed by atoms with van der Waals surface area (Å²) in [6, 6.07) is 14.7. The van der Waals surface area contributed by atoms with Crippen molar-refractivity contribution in [2.45, 2.75) is 4.90 Å². The summed E-state index contributed by atoms with van der Waals surface area (Å²) in [5.74, 6) is 0.126. The fraction of sp³-hybridized carbons (Fsp3) is 0. The van der Waals surface area contributed by atoms with Gasteiger partial charge in [0.2, 0.25) is 0 Å². The number of rotatable bonds is 2. The third-order valence-corrected chi connectivity index (χ3v) is 4.30. The summed E-state index contributed by atoms with van der Waals surface area (Å²) in [5.41, 5.74) is 7.45. The van der Waals surface area contributed by atoms with Gasteiger partial charge in [-0.05, 0) is 35.2 Å². The van der Waals surface area contributed by atoms with Crippen molar-refractivity contribution in [2.75, 3.05) is 5.73 Å². The third-order valence-electron chi connectivity index (χ3n) is 3.47. The second-order valence-corrected chi connectivity index (χ2v) is 6.36. The minimum atomic E-state index is -4.33. The number of nitrogen functional groups attached to an aromatic ring is 1. The molecule has 3 aromatic rings. The monoisotopic (exact) mass is 315 g/mol. The Bertz CT molecular complexity index is 981. The third kappa shape index (κ3) is 2.49. The summed E-state index contributed by atoms with van der Waals surface area (Å²) in [4.78, 5) is -0.257. The summed E-state index contributed by atoms with van der Waals surface area (Å²) in [5, 5.41) is 11.1. The Morgan fingerprint density at radius 3 is 2.36 bits per heavy atom. The van der Waals surface area contributed by atoms with Gasteiger partial charge in [0.05, 0.1) is 4.90 Å². The highest BCUT2D eigenvalue weighted by Gasteiger charge is 2.13. The van der Waals surface area contributed by atoms with E-state index < -0.39 is 10.1 Å². The second kappa shape index (κ2) is 5.01. The summed E-state index contributed by atoms with van der Waals surface area (Å²) < 4.78 is 31.8. The molecule has 0 saturated carbocycles. The van der Waals surface area contributed by atoms with Crippen molar-refractivity contribution < 1.29 is 18.1 Å². The molecule has 0 spiro atoms. The van der Waals surface area contributed by atoms with Gasteiger partial charge in [-0.15, -0.1) is 0 Å². The Morgan fingerprint density at radius 1 is 0.955 bits per heavy atom. The molecule has 0 amide bonds. The van der Waals surface area contributed by atoms with E-state index in [9.17, 15) is 18.1 Å². The molecule has 3 rings (SSSR count). The van der Waals surface area contributed by atoms with Gasteiger partial charge >= 0.3 is 0 Å². The molecule has 0 fully saturated rings. The standard InChI is InChI=1S/C16H13NO4S/c17-15-9-12(22(19,20)21)8-11-7-10(5-6-13(11)15)14-3-1-2-4-16(14)18/h1-9,18H,17H2,(H,19,20,21). The molecular weight excluding hydrogens is 302 g/mol. The molecule has 0 unspecified atom stereocenters. The number of nitrogens with two attached hydrogens (primary N) is 1. The van der Waals surface area contributed by atoms with Gasteiger partial charge in [-0.2, -0.15) is 8.42 Å². The van der Waals surface area contributed by atoms with Crippen LogP contribution in [0.4, 0.5) is 5.69 Å². The normalized spacial score (nSPS) is 11.7.